The van der Waals surface area contributed by atoms with E-state index >= 15 is 0 Å². The SMILES string of the molecule is CC(CC1CCCCCN1)Nc1ccc(NC(=O)C(C)C)cc1. The third kappa shape index (κ3) is 6.22. The van der Waals surface area contributed by atoms with Gasteiger partial charge < -0.3 is 16.0 Å². The fourth-order valence-corrected chi connectivity index (χ4v) is 3.01. The molecule has 0 bridgehead atoms. The van der Waals surface area contributed by atoms with Crippen molar-refractivity contribution < 1.29 is 4.79 Å². The molecule has 2 unspecified atom stereocenters. The van der Waals surface area contributed by atoms with E-state index in [-0.39, 0.29) is 11.8 Å². The lowest BCUT2D eigenvalue weighted by Crippen LogP contribution is -2.33. The number of anilines is 2. The first-order chi connectivity index (χ1) is 11.0. The fourth-order valence-electron chi connectivity index (χ4n) is 3.01. The zero-order chi connectivity index (χ0) is 16.7. The van der Waals surface area contributed by atoms with Crippen molar-refractivity contribution in [3.05, 3.63) is 24.3 Å². The summed E-state index contributed by atoms with van der Waals surface area (Å²) in [7, 11) is 0. The van der Waals surface area contributed by atoms with Gasteiger partial charge in [0.2, 0.25) is 5.91 Å². The van der Waals surface area contributed by atoms with Crippen LogP contribution >= 0.6 is 0 Å². The van der Waals surface area contributed by atoms with Gasteiger partial charge in [0.25, 0.3) is 0 Å². The van der Waals surface area contributed by atoms with Crippen LogP contribution in [0, 0.1) is 5.92 Å². The van der Waals surface area contributed by atoms with Gasteiger partial charge in [0.05, 0.1) is 0 Å². The van der Waals surface area contributed by atoms with E-state index in [2.05, 4.69) is 22.9 Å². The van der Waals surface area contributed by atoms with Crippen molar-refractivity contribution in [3.8, 4) is 0 Å². The molecule has 1 aromatic rings. The molecule has 1 heterocycles. The highest BCUT2D eigenvalue weighted by Crippen LogP contribution is 2.18. The van der Waals surface area contributed by atoms with Crippen LogP contribution in [0.3, 0.4) is 0 Å². The van der Waals surface area contributed by atoms with Crippen LogP contribution in [-0.2, 0) is 4.79 Å². The summed E-state index contributed by atoms with van der Waals surface area (Å²) >= 11 is 0. The van der Waals surface area contributed by atoms with Gasteiger partial charge in [-0.1, -0.05) is 26.7 Å². The number of hydrogen-bond donors (Lipinski definition) is 3. The summed E-state index contributed by atoms with van der Waals surface area (Å²) in [5.74, 6) is 0.0541. The lowest BCUT2D eigenvalue weighted by Gasteiger charge is -2.22. The maximum atomic E-state index is 11.7. The summed E-state index contributed by atoms with van der Waals surface area (Å²) in [6.45, 7) is 7.19. The van der Waals surface area contributed by atoms with E-state index in [4.69, 9.17) is 0 Å². The third-order valence-electron chi connectivity index (χ3n) is 4.39. The highest BCUT2D eigenvalue weighted by atomic mass is 16.1. The minimum atomic E-state index is -0.0000938. The highest BCUT2D eigenvalue weighted by Gasteiger charge is 2.15. The topological polar surface area (TPSA) is 53.2 Å². The van der Waals surface area contributed by atoms with E-state index in [1.165, 1.54) is 25.7 Å². The van der Waals surface area contributed by atoms with Crippen LogP contribution < -0.4 is 16.0 Å². The Morgan fingerprint density at radius 2 is 1.83 bits per heavy atom. The first kappa shape index (κ1) is 17.8. The monoisotopic (exact) mass is 317 g/mol. The van der Waals surface area contributed by atoms with Crippen molar-refractivity contribution in [2.75, 3.05) is 17.2 Å². The Labute approximate surface area is 140 Å². The Bertz CT molecular complexity index is 476. The molecule has 0 saturated carbocycles. The molecule has 4 heteroatoms. The minimum Gasteiger partial charge on any atom is -0.383 e. The van der Waals surface area contributed by atoms with Gasteiger partial charge in [-0.2, -0.15) is 0 Å². The Balaban J connectivity index is 1.81. The van der Waals surface area contributed by atoms with Gasteiger partial charge in [-0.3, -0.25) is 4.79 Å². The molecule has 0 spiro atoms. The largest absolute Gasteiger partial charge is 0.383 e. The third-order valence-corrected chi connectivity index (χ3v) is 4.39. The molecule has 1 aliphatic heterocycles. The van der Waals surface area contributed by atoms with Crippen molar-refractivity contribution in [2.45, 2.75) is 65.0 Å². The number of benzene rings is 1. The summed E-state index contributed by atoms with van der Waals surface area (Å²) in [5, 5.41) is 10.1. The number of rotatable bonds is 6. The Kier molecular flexibility index (Phi) is 6.90. The molecule has 0 radical (unpaired) electrons. The second kappa shape index (κ2) is 8.92. The molecule has 0 aliphatic carbocycles. The lowest BCUT2D eigenvalue weighted by molar-refractivity contribution is -0.118. The molecule has 23 heavy (non-hydrogen) atoms. The fraction of sp³-hybridized carbons (Fsp3) is 0.632. The zero-order valence-electron chi connectivity index (χ0n) is 14.7. The number of nitrogens with one attached hydrogen (secondary N) is 3. The predicted molar refractivity (Wildman–Crippen MR) is 97.9 cm³/mol. The Hall–Kier alpha value is -1.55. The highest BCUT2D eigenvalue weighted by molar-refractivity contribution is 5.92. The van der Waals surface area contributed by atoms with Crippen molar-refractivity contribution in [1.82, 2.24) is 5.32 Å². The van der Waals surface area contributed by atoms with E-state index in [1.807, 2.05) is 38.1 Å². The van der Waals surface area contributed by atoms with E-state index < -0.39 is 0 Å². The van der Waals surface area contributed by atoms with Gasteiger partial charge in [0.15, 0.2) is 0 Å². The minimum absolute atomic E-state index is 0.0000938. The molecule has 2 atom stereocenters. The van der Waals surface area contributed by atoms with Gasteiger partial charge in [-0.15, -0.1) is 0 Å². The molecule has 0 aromatic heterocycles. The first-order valence-corrected chi connectivity index (χ1v) is 8.95. The normalized spacial score (nSPS) is 19.9. The van der Waals surface area contributed by atoms with Gasteiger partial charge in [0.1, 0.15) is 0 Å². The summed E-state index contributed by atoms with van der Waals surface area (Å²) in [4.78, 5) is 11.7. The van der Waals surface area contributed by atoms with Crippen LogP contribution in [-0.4, -0.2) is 24.5 Å². The number of carbonyl (C=O) groups is 1. The van der Waals surface area contributed by atoms with Crippen molar-refractivity contribution in [3.63, 3.8) is 0 Å². The standard InChI is InChI=1S/C19H31N3O/c1-14(2)19(23)22-17-10-8-16(9-11-17)21-15(3)13-18-7-5-4-6-12-20-18/h8-11,14-15,18,20-21H,4-7,12-13H2,1-3H3,(H,22,23). The van der Waals surface area contributed by atoms with Crippen molar-refractivity contribution in [2.24, 2.45) is 5.92 Å². The Morgan fingerprint density at radius 1 is 1.13 bits per heavy atom. The van der Waals surface area contributed by atoms with Crippen LogP contribution in [0.25, 0.3) is 0 Å². The van der Waals surface area contributed by atoms with Gasteiger partial charge in [0, 0.05) is 29.4 Å². The molecule has 1 amide bonds. The van der Waals surface area contributed by atoms with Crippen LogP contribution in [0.4, 0.5) is 11.4 Å². The van der Waals surface area contributed by atoms with Crippen molar-refractivity contribution >= 4 is 17.3 Å². The van der Waals surface area contributed by atoms with Crippen LogP contribution in [0.15, 0.2) is 24.3 Å². The van der Waals surface area contributed by atoms with Crippen LogP contribution in [0.1, 0.15) is 52.9 Å². The summed E-state index contributed by atoms with van der Waals surface area (Å²) < 4.78 is 0. The van der Waals surface area contributed by atoms with Crippen LogP contribution in [0.5, 0.6) is 0 Å². The first-order valence-electron chi connectivity index (χ1n) is 8.95. The molecule has 4 nitrogen and oxygen atoms in total. The summed E-state index contributed by atoms with van der Waals surface area (Å²) in [5.41, 5.74) is 1.96. The quantitative estimate of drug-likeness (QED) is 0.743. The zero-order valence-corrected chi connectivity index (χ0v) is 14.7. The molecule has 2 rings (SSSR count). The average Bonchev–Trinajstić information content (AvgIpc) is 2.77. The number of hydrogen-bond acceptors (Lipinski definition) is 3. The maximum absolute atomic E-state index is 11.7. The maximum Gasteiger partial charge on any atom is 0.226 e. The molecule has 1 aromatic carbocycles. The molecule has 3 N–H and O–H groups in total. The molecule has 1 saturated heterocycles. The predicted octanol–water partition coefficient (Wildman–Crippen LogP) is 4.00. The Morgan fingerprint density at radius 3 is 2.52 bits per heavy atom. The van der Waals surface area contributed by atoms with E-state index in [0.29, 0.717) is 12.1 Å². The van der Waals surface area contributed by atoms with Crippen molar-refractivity contribution in [1.29, 1.82) is 0 Å². The number of carbonyl (C=O) groups excluding carboxylic acids is 1. The van der Waals surface area contributed by atoms with E-state index in [9.17, 15) is 4.79 Å². The molecular formula is C19H31N3O. The molecule has 1 fully saturated rings. The van der Waals surface area contributed by atoms with Gasteiger partial charge in [-0.05, 0) is 57.0 Å². The lowest BCUT2D eigenvalue weighted by atomic mass is 10.0. The number of amides is 1. The summed E-state index contributed by atoms with van der Waals surface area (Å²) in [6.07, 6.45) is 6.43. The average molecular weight is 317 g/mol. The second-order valence-corrected chi connectivity index (χ2v) is 7.00. The van der Waals surface area contributed by atoms with E-state index in [0.717, 1.165) is 24.3 Å². The van der Waals surface area contributed by atoms with Crippen LogP contribution in [0.2, 0.25) is 0 Å². The molecular weight excluding hydrogens is 286 g/mol. The van der Waals surface area contributed by atoms with Gasteiger partial charge >= 0.3 is 0 Å². The molecule has 1 aliphatic rings. The summed E-state index contributed by atoms with van der Waals surface area (Å²) in [6, 6.07) is 9.05. The van der Waals surface area contributed by atoms with Gasteiger partial charge in [-0.25, -0.2) is 0 Å². The van der Waals surface area contributed by atoms with E-state index in [1.54, 1.807) is 0 Å². The second-order valence-electron chi connectivity index (χ2n) is 7.00. The molecule has 128 valence electrons. The smallest absolute Gasteiger partial charge is 0.226 e.